The molecule has 0 aromatic heterocycles. The van der Waals surface area contributed by atoms with E-state index < -0.39 is 0 Å². The second kappa shape index (κ2) is 7.99. The third-order valence-electron chi connectivity index (χ3n) is 5.45. The summed E-state index contributed by atoms with van der Waals surface area (Å²) in [7, 11) is 0. The fourth-order valence-electron chi connectivity index (χ4n) is 4.04. The average Bonchev–Trinajstić information content (AvgIpc) is 2.98. The van der Waals surface area contributed by atoms with Gasteiger partial charge in [0.2, 0.25) is 5.91 Å². The van der Waals surface area contributed by atoms with Crippen molar-refractivity contribution in [2.45, 2.75) is 32.2 Å². The third-order valence-corrected chi connectivity index (χ3v) is 5.45. The summed E-state index contributed by atoms with van der Waals surface area (Å²) in [4.78, 5) is 16.7. The molecule has 5 heteroatoms. The van der Waals surface area contributed by atoms with Gasteiger partial charge < -0.3 is 15.3 Å². The fourth-order valence-corrected chi connectivity index (χ4v) is 4.04. The van der Waals surface area contributed by atoms with Crippen molar-refractivity contribution in [3.8, 4) is 0 Å². The lowest BCUT2D eigenvalue weighted by Gasteiger charge is -2.38. The minimum Gasteiger partial charge on any atom is -0.395 e. The zero-order valence-corrected chi connectivity index (χ0v) is 14.6. The number of piperidine rings is 1. The molecule has 24 heavy (non-hydrogen) atoms. The Bertz CT molecular complexity index is 563. The summed E-state index contributed by atoms with van der Waals surface area (Å²) in [5, 5.41) is 12.6. The molecule has 1 fully saturated rings. The van der Waals surface area contributed by atoms with E-state index in [0.29, 0.717) is 19.0 Å². The Kier molecular flexibility index (Phi) is 5.74. The molecule has 132 valence electrons. The number of carbonyl (C=O) groups is 1. The number of nitrogens with one attached hydrogen (secondary N) is 1. The first-order valence-electron chi connectivity index (χ1n) is 9.13. The molecule has 1 saturated heterocycles. The Balaban J connectivity index is 1.43. The maximum Gasteiger partial charge on any atom is 0.234 e. The predicted molar refractivity (Wildman–Crippen MR) is 96.2 cm³/mol. The number of hydrogen-bond donors (Lipinski definition) is 2. The molecule has 1 amide bonds. The average molecular weight is 331 g/mol. The largest absolute Gasteiger partial charge is 0.395 e. The van der Waals surface area contributed by atoms with E-state index in [4.69, 9.17) is 0 Å². The van der Waals surface area contributed by atoms with Gasteiger partial charge >= 0.3 is 0 Å². The number of fused-ring (bicyclic) bond motifs is 1. The summed E-state index contributed by atoms with van der Waals surface area (Å²) in [5.41, 5.74) is 2.70. The maximum absolute atomic E-state index is 12.2. The van der Waals surface area contributed by atoms with Crippen LogP contribution in [0.25, 0.3) is 0 Å². The van der Waals surface area contributed by atoms with Gasteiger partial charge in [-0.05, 0) is 43.4 Å². The minimum atomic E-state index is 0.0648. The molecule has 0 saturated carbocycles. The van der Waals surface area contributed by atoms with Gasteiger partial charge in [-0.1, -0.05) is 25.1 Å². The molecule has 2 atom stereocenters. The summed E-state index contributed by atoms with van der Waals surface area (Å²) in [5.74, 6) is 0.521. The molecule has 0 aliphatic carbocycles. The van der Waals surface area contributed by atoms with E-state index in [9.17, 15) is 9.90 Å². The number of anilines is 1. The molecule has 2 aliphatic heterocycles. The van der Waals surface area contributed by atoms with Crippen molar-refractivity contribution in [2.24, 2.45) is 5.92 Å². The van der Waals surface area contributed by atoms with E-state index in [0.717, 1.165) is 38.9 Å². The van der Waals surface area contributed by atoms with Gasteiger partial charge in [-0.2, -0.15) is 0 Å². The molecular weight excluding hydrogens is 302 g/mol. The monoisotopic (exact) mass is 331 g/mol. The number of aliphatic hydroxyl groups is 1. The van der Waals surface area contributed by atoms with Crippen LogP contribution in [0.15, 0.2) is 24.3 Å². The summed E-state index contributed by atoms with van der Waals surface area (Å²) >= 11 is 0. The van der Waals surface area contributed by atoms with Crippen molar-refractivity contribution in [3.63, 3.8) is 0 Å². The number of aliphatic hydroxyl groups excluding tert-OH is 1. The molecule has 2 heterocycles. The molecule has 3 rings (SSSR count). The molecule has 2 unspecified atom stereocenters. The first-order valence-corrected chi connectivity index (χ1v) is 9.13. The van der Waals surface area contributed by atoms with Crippen LogP contribution in [-0.4, -0.2) is 61.3 Å². The molecule has 2 aliphatic rings. The second-order valence-electron chi connectivity index (χ2n) is 7.06. The van der Waals surface area contributed by atoms with Crippen LogP contribution in [0.5, 0.6) is 0 Å². The molecule has 0 bridgehead atoms. The van der Waals surface area contributed by atoms with Crippen LogP contribution in [0.3, 0.4) is 0 Å². The zero-order chi connectivity index (χ0) is 16.9. The summed E-state index contributed by atoms with van der Waals surface area (Å²) in [6.45, 7) is 6.15. The van der Waals surface area contributed by atoms with Crippen LogP contribution < -0.4 is 10.2 Å². The van der Waals surface area contributed by atoms with Crippen LogP contribution in [0.4, 0.5) is 5.69 Å². The van der Waals surface area contributed by atoms with E-state index in [2.05, 4.69) is 46.3 Å². The Morgan fingerprint density at radius 3 is 3.00 bits per heavy atom. The number of para-hydroxylation sites is 1. The number of nitrogens with zero attached hydrogens (tertiary/aromatic N) is 2. The Morgan fingerprint density at radius 1 is 1.33 bits per heavy atom. The SMILES string of the molecule is CC1CCCN(CC(=O)NCCN2CCc3ccccc32)C1CO. The minimum absolute atomic E-state index is 0.0648. The second-order valence-corrected chi connectivity index (χ2v) is 7.06. The molecule has 0 radical (unpaired) electrons. The lowest BCUT2D eigenvalue weighted by atomic mass is 9.91. The van der Waals surface area contributed by atoms with E-state index in [1.807, 2.05) is 0 Å². The predicted octanol–water partition coefficient (Wildman–Crippen LogP) is 1.26. The van der Waals surface area contributed by atoms with Gasteiger partial charge in [-0.15, -0.1) is 0 Å². The van der Waals surface area contributed by atoms with Crippen LogP contribution in [0, 0.1) is 5.92 Å². The standard InChI is InChI=1S/C19H29N3O2/c1-15-5-4-10-22(18(15)14-23)13-19(24)20-9-12-21-11-8-16-6-2-3-7-17(16)21/h2-3,6-7,15,18,23H,4-5,8-14H2,1H3,(H,20,24). The van der Waals surface area contributed by atoms with Gasteiger partial charge in [0.1, 0.15) is 0 Å². The molecular formula is C19H29N3O2. The number of rotatable bonds is 6. The van der Waals surface area contributed by atoms with Gasteiger partial charge in [0.25, 0.3) is 0 Å². The molecule has 5 nitrogen and oxygen atoms in total. The smallest absolute Gasteiger partial charge is 0.234 e. The number of amides is 1. The highest BCUT2D eigenvalue weighted by Crippen LogP contribution is 2.26. The number of benzene rings is 1. The molecule has 1 aromatic carbocycles. The van der Waals surface area contributed by atoms with Crippen molar-refractivity contribution >= 4 is 11.6 Å². The molecule has 1 aromatic rings. The van der Waals surface area contributed by atoms with E-state index in [-0.39, 0.29) is 18.6 Å². The third kappa shape index (κ3) is 3.90. The van der Waals surface area contributed by atoms with Gasteiger partial charge in [0, 0.05) is 31.4 Å². The van der Waals surface area contributed by atoms with Gasteiger partial charge in [-0.3, -0.25) is 9.69 Å². The fraction of sp³-hybridized carbons (Fsp3) is 0.632. The van der Waals surface area contributed by atoms with Gasteiger partial charge in [-0.25, -0.2) is 0 Å². The highest BCUT2D eigenvalue weighted by atomic mass is 16.3. The first kappa shape index (κ1) is 17.2. The highest BCUT2D eigenvalue weighted by molar-refractivity contribution is 5.78. The van der Waals surface area contributed by atoms with E-state index >= 15 is 0 Å². The van der Waals surface area contributed by atoms with Crippen molar-refractivity contribution in [1.29, 1.82) is 0 Å². The first-order chi connectivity index (χ1) is 11.7. The number of hydrogen-bond acceptors (Lipinski definition) is 4. The van der Waals surface area contributed by atoms with Crippen LogP contribution in [0.2, 0.25) is 0 Å². The Morgan fingerprint density at radius 2 is 2.17 bits per heavy atom. The Hall–Kier alpha value is -1.59. The number of likely N-dealkylation sites (tertiary alicyclic amines) is 1. The van der Waals surface area contributed by atoms with Gasteiger partial charge in [0.15, 0.2) is 0 Å². The molecule has 2 N–H and O–H groups in total. The maximum atomic E-state index is 12.2. The quantitative estimate of drug-likeness (QED) is 0.824. The zero-order valence-electron chi connectivity index (χ0n) is 14.6. The van der Waals surface area contributed by atoms with Gasteiger partial charge in [0.05, 0.1) is 13.2 Å². The highest BCUT2D eigenvalue weighted by Gasteiger charge is 2.29. The van der Waals surface area contributed by atoms with Crippen LogP contribution >= 0.6 is 0 Å². The normalized spacial score (nSPS) is 24.0. The van der Waals surface area contributed by atoms with Crippen LogP contribution in [-0.2, 0) is 11.2 Å². The van der Waals surface area contributed by atoms with E-state index in [1.54, 1.807) is 0 Å². The Labute approximate surface area is 144 Å². The van der Waals surface area contributed by atoms with Crippen molar-refractivity contribution in [2.75, 3.05) is 44.2 Å². The lowest BCUT2D eigenvalue weighted by molar-refractivity contribution is -0.123. The number of carbonyl (C=O) groups excluding carboxylic acids is 1. The lowest BCUT2D eigenvalue weighted by Crippen LogP contribution is -2.50. The van der Waals surface area contributed by atoms with Crippen molar-refractivity contribution < 1.29 is 9.90 Å². The summed E-state index contributed by atoms with van der Waals surface area (Å²) < 4.78 is 0. The topological polar surface area (TPSA) is 55.8 Å². The van der Waals surface area contributed by atoms with Crippen LogP contribution in [0.1, 0.15) is 25.3 Å². The molecule has 0 spiro atoms. The summed E-state index contributed by atoms with van der Waals surface area (Å²) in [6, 6.07) is 8.62. The van der Waals surface area contributed by atoms with Crippen molar-refractivity contribution in [3.05, 3.63) is 29.8 Å². The summed E-state index contributed by atoms with van der Waals surface area (Å²) in [6.07, 6.45) is 3.33. The van der Waals surface area contributed by atoms with Crippen molar-refractivity contribution in [1.82, 2.24) is 10.2 Å². The van der Waals surface area contributed by atoms with E-state index in [1.165, 1.54) is 11.3 Å².